The van der Waals surface area contributed by atoms with Gasteiger partial charge in [0.2, 0.25) is 0 Å². The summed E-state index contributed by atoms with van der Waals surface area (Å²) < 4.78 is 9.11. The van der Waals surface area contributed by atoms with Gasteiger partial charge in [-0.2, -0.15) is 0 Å². The molecule has 0 heterocycles. The van der Waals surface area contributed by atoms with Crippen molar-refractivity contribution in [3.8, 4) is 0 Å². The quantitative estimate of drug-likeness (QED) is 0.302. The fourth-order valence-electron chi connectivity index (χ4n) is 0.804. The van der Waals surface area contributed by atoms with Crippen LogP contribution < -0.4 is 0 Å². The third-order valence-corrected chi connectivity index (χ3v) is 1.56. The van der Waals surface area contributed by atoms with Crippen LogP contribution in [0.4, 0.5) is 0 Å². The van der Waals surface area contributed by atoms with E-state index >= 15 is 0 Å². The standard InChI is InChI=1S/C8H13N3O5/c1-5(12)15-3-7(10-11-9)8(14)4-16-6(2)13/h7-8,14H,3-4H2,1-2H3/t7-,8-/m1/s1. The number of esters is 2. The van der Waals surface area contributed by atoms with Crippen LogP contribution in [0.15, 0.2) is 5.11 Å². The lowest BCUT2D eigenvalue weighted by molar-refractivity contribution is -0.147. The van der Waals surface area contributed by atoms with Crippen molar-refractivity contribution in [1.82, 2.24) is 0 Å². The van der Waals surface area contributed by atoms with Gasteiger partial charge < -0.3 is 14.6 Å². The molecule has 16 heavy (non-hydrogen) atoms. The van der Waals surface area contributed by atoms with E-state index in [0.29, 0.717) is 0 Å². The van der Waals surface area contributed by atoms with E-state index in [1.165, 1.54) is 13.8 Å². The second-order valence-corrected chi connectivity index (χ2v) is 2.94. The molecule has 0 amide bonds. The van der Waals surface area contributed by atoms with Gasteiger partial charge in [0.15, 0.2) is 0 Å². The van der Waals surface area contributed by atoms with Gasteiger partial charge in [-0.3, -0.25) is 9.59 Å². The first kappa shape index (κ1) is 14.2. The summed E-state index contributed by atoms with van der Waals surface area (Å²) in [6.07, 6.45) is -1.21. The number of rotatable bonds is 6. The van der Waals surface area contributed by atoms with Gasteiger partial charge >= 0.3 is 11.9 Å². The van der Waals surface area contributed by atoms with Crippen LogP contribution >= 0.6 is 0 Å². The Morgan fingerprint density at radius 3 is 2.25 bits per heavy atom. The van der Waals surface area contributed by atoms with Crippen molar-refractivity contribution in [1.29, 1.82) is 0 Å². The molecule has 90 valence electrons. The Morgan fingerprint density at radius 2 is 1.81 bits per heavy atom. The van der Waals surface area contributed by atoms with Crippen LogP contribution in [0.2, 0.25) is 0 Å². The molecule has 8 heteroatoms. The molecule has 2 atom stereocenters. The first-order chi connectivity index (χ1) is 7.47. The fourth-order valence-corrected chi connectivity index (χ4v) is 0.804. The molecule has 0 bridgehead atoms. The molecule has 1 N–H and O–H groups in total. The van der Waals surface area contributed by atoms with Crippen LogP contribution in [0.3, 0.4) is 0 Å². The Balaban J connectivity index is 4.22. The average molecular weight is 231 g/mol. The molecule has 0 radical (unpaired) electrons. The highest BCUT2D eigenvalue weighted by molar-refractivity contribution is 5.66. The fraction of sp³-hybridized carbons (Fsp3) is 0.750. The lowest BCUT2D eigenvalue weighted by Crippen LogP contribution is -2.33. The second-order valence-electron chi connectivity index (χ2n) is 2.94. The summed E-state index contributed by atoms with van der Waals surface area (Å²) in [7, 11) is 0. The highest BCUT2D eigenvalue weighted by Crippen LogP contribution is 2.02. The van der Waals surface area contributed by atoms with Crippen molar-refractivity contribution in [3.63, 3.8) is 0 Å². The van der Waals surface area contributed by atoms with Gasteiger partial charge in [-0.25, -0.2) is 0 Å². The molecule has 0 aromatic rings. The molecule has 0 fully saturated rings. The highest BCUT2D eigenvalue weighted by atomic mass is 16.5. The first-order valence-electron chi connectivity index (χ1n) is 4.46. The number of aliphatic hydroxyl groups is 1. The Hall–Kier alpha value is -1.79. The number of carbonyl (C=O) groups excluding carboxylic acids is 2. The Morgan fingerprint density at radius 1 is 1.31 bits per heavy atom. The van der Waals surface area contributed by atoms with E-state index < -0.39 is 24.1 Å². The van der Waals surface area contributed by atoms with Crippen LogP contribution in [0.25, 0.3) is 10.4 Å². The molecule has 8 nitrogen and oxygen atoms in total. The van der Waals surface area contributed by atoms with Crippen molar-refractivity contribution in [3.05, 3.63) is 10.4 Å². The van der Waals surface area contributed by atoms with Crippen LogP contribution in [0.5, 0.6) is 0 Å². The molecular weight excluding hydrogens is 218 g/mol. The monoisotopic (exact) mass is 231 g/mol. The number of carbonyl (C=O) groups is 2. The third-order valence-electron chi connectivity index (χ3n) is 1.56. The highest BCUT2D eigenvalue weighted by Gasteiger charge is 2.20. The molecule has 0 aromatic heterocycles. The summed E-state index contributed by atoms with van der Waals surface area (Å²) in [6.45, 7) is 1.79. The maximum Gasteiger partial charge on any atom is 0.302 e. The minimum absolute atomic E-state index is 0.262. The van der Waals surface area contributed by atoms with Gasteiger partial charge in [0.25, 0.3) is 0 Å². The van der Waals surface area contributed by atoms with Gasteiger partial charge in [-0.1, -0.05) is 5.11 Å². The number of aliphatic hydroxyl groups excluding tert-OH is 1. The van der Waals surface area contributed by atoms with Crippen LogP contribution in [0.1, 0.15) is 13.8 Å². The normalized spacial score (nSPS) is 13.2. The van der Waals surface area contributed by atoms with Gasteiger partial charge in [0.1, 0.15) is 19.3 Å². The molecule has 0 rings (SSSR count). The van der Waals surface area contributed by atoms with Gasteiger partial charge in [-0.05, 0) is 5.53 Å². The Kier molecular flexibility index (Phi) is 6.66. The van der Waals surface area contributed by atoms with Gasteiger partial charge in [-0.15, -0.1) is 0 Å². The van der Waals surface area contributed by atoms with Crippen molar-refractivity contribution in [2.45, 2.75) is 26.0 Å². The van der Waals surface area contributed by atoms with E-state index in [0.717, 1.165) is 0 Å². The minimum Gasteiger partial charge on any atom is -0.465 e. The van der Waals surface area contributed by atoms with Gasteiger partial charge in [0, 0.05) is 18.8 Å². The molecule has 0 unspecified atom stereocenters. The summed E-state index contributed by atoms with van der Waals surface area (Å²) in [5, 5.41) is 12.7. The predicted molar refractivity (Wildman–Crippen MR) is 52.2 cm³/mol. The summed E-state index contributed by atoms with van der Waals surface area (Å²) in [6, 6.07) is -0.978. The SMILES string of the molecule is CC(=O)OC[C@@H](O)[C@@H](COC(C)=O)N=[N+]=[N-]. The first-order valence-corrected chi connectivity index (χ1v) is 4.46. The Bertz CT molecular complexity index is 300. The number of ether oxygens (including phenoxy) is 2. The zero-order valence-electron chi connectivity index (χ0n) is 8.99. The maximum atomic E-state index is 10.5. The smallest absolute Gasteiger partial charge is 0.302 e. The molecule has 0 aromatic carbocycles. The van der Waals surface area contributed by atoms with Crippen LogP contribution in [0, 0.1) is 0 Å². The van der Waals surface area contributed by atoms with E-state index in [1.807, 2.05) is 0 Å². The van der Waals surface area contributed by atoms with Crippen molar-refractivity contribution in [2.24, 2.45) is 5.11 Å². The van der Waals surface area contributed by atoms with Crippen LogP contribution in [-0.4, -0.2) is 42.4 Å². The van der Waals surface area contributed by atoms with E-state index in [9.17, 15) is 14.7 Å². The zero-order valence-corrected chi connectivity index (χ0v) is 8.99. The summed E-state index contributed by atoms with van der Waals surface area (Å²) >= 11 is 0. The van der Waals surface area contributed by atoms with E-state index in [-0.39, 0.29) is 13.2 Å². The molecule has 0 saturated heterocycles. The zero-order chi connectivity index (χ0) is 12.6. The largest absolute Gasteiger partial charge is 0.465 e. The van der Waals surface area contributed by atoms with E-state index in [4.69, 9.17) is 5.53 Å². The minimum atomic E-state index is -1.21. The summed E-state index contributed by atoms with van der Waals surface area (Å²) in [5.74, 6) is -1.12. The number of azide groups is 1. The molecule has 0 saturated carbocycles. The topological polar surface area (TPSA) is 122 Å². The van der Waals surface area contributed by atoms with Crippen molar-refractivity contribution in [2.75, 3.05) is 13.2 Å². The third kappa shape index (κ3) is 6.63. The number of hydrogen-bond acceptors (Lipinski definition) is 6. The van der Waals surface area contributed by atoms with Crippen molar-refractivity contribution >= 4 is 11.9 Å². The van der Waals surface area contributed by atoms with E-state index in [2.05, 4.69) is 19.5 Å². The average Bonchev–Trinajstić information content (AvgIpc) is 2.20. The number of nitrogens with zero attached hydrogens (tertiary/aromatic N) is 3. The molecule has 0 spiro atoms. The van der Waals surface area contributed by atoms with Gasteiger partial charge in [0.05, 0.1) is 6.10 Å². The maximum absolute atomic E-state index is 10.5. The molecule has 0 aliphatic carbocycles. The molecule has 0 aliphatic heterocycles. The Labute approximate surface area is 91.8 Å². The predicted octanol–water partition coefficient (Wildman–Crippen LogP) is 0.152. The van der Waals surface area contributed by atoms with Crippen molar-refractivity contribution < 1.29 is 24.2 Å². The van der Waals surface area contributed by atoms with E-state index in [1.54, 1.807) is 0 Å². The second kappa shape index (κ2) is 7.49. The lowest BCUT2D eigenvalue weighted by Gasteiger charge is -2.17. The molecular formula is C8H13N3O5. The summed E-state index contributed by atoms with van der Waals surface area (Å²) in [5.41, 5.74) is 8.23. The number of hydrogen-bond donors (Lipinski definition) is 1. The van der Waals surface area contributed by atoms with Crippen LogP contribution in [-0.2, 0) is 19.1 Å². The molecule has 0 aliphatic rings. The lowest BCUT2D eigenvalue weighted by atomic mass is 10.2. The summed E-state index contributed by atoms with van der Waals surface area (Å²) in [4.78, 5) is 23.5.